The molecule has 0 radical (unpaired) electrons. The van der Waals surface area contributed by atoms with E-state index >= 15 is 0 Å². The number of aryl methyl sites for hydroxylation is 1. The Morgan fingerprint density at radius 1 is 1.25 bits per heavy atom. The molecule has 90 valence electrons. The van der Waals surface area contributed by atoms with Gasteiger partial charge in [-0.1, -0.05) is 20.3 Å². The molecular formula is C12H21N3S. The standard InChI is InChI=1S/C12H21N3S/c1-4-7-10-8-11(13-5-2)15-12(14-10)9-16-6-3/h8H,4-7,9H2,1-3H3,(H,13,14,15). The second kappa shape index (κ2) is 7.49. The molecule has 16 heavy (non-hydrogen) atoms. The van der Waals surface area contributed by atoms with Crippen LogP contribution >= 0.6 is 11.8 Å². The van der Waals surface area contributed by atoms with Crippen molar-refractivity contribution >= 4 is 17.6 Å². The van der Waals surface area contributed by atoms with Crippen molar-refractivity contribution < 1.29 is 0 Å². The Bertz CT molecular complexity index is 291. The van der Waals surface area contributed by atoms with Crippen LogP contribution in [0.2, 0.25) is 0 Å². The Morgan fingerprint density at radius 3 is 2.69 bits per heavy atom. The van der Waals surface area contributed by atoms with Crippen LogP contribution in [-0.4, -0.2) is 22.3 Å². The van der Waals surface area contributed by atoms with E-state index in [0.717, 1.165) is 48.2 Å². The molecule has 1 N–H and O–H groups in total. The minimum Gasteiger partial charge on any atom is -0.370 e. The van der Waals surface area contributed by atoms with Crippen LogP contribution < -0.4 is 5.32 Å². The average molecular weight is 239 g/mol. The number of nitrogens with one attached hydrogen (secondary N) is 1. The summed E-state index contributed by atoms with van der Waals surface area (Å²) in [5.41, 5.74) is 1.15. The third-order valence-corrected chi connectivity index (χ3v) is 3.00. The highest BCUT2D eigenvalue weighted by Crippen LogP contribution is 2.13. The zero-order valence-electron chi connectivity index (χ0n) is 10.4. The van der Waals surface area contributed by atoms with Gasteiger partial charge < -0.3 is 5.32 Å². The van der Waals surface area contributed by atoms with E-state index in [-0.39, 0.29) is 0 Å². The molecule has 0 aliphatic carbocycles. The summed E-state index contributed by atoms with van der Waals surface area (Å²) in [4.78, 5) is 9.07. The molecule has 3 nitrogen and oxygen atoms in total. The first-order chi connectivity index (χ1) is 7.80. The fourth-order valence-corrected chi connectivity index (χ4v) is 1.98. The molecule has 4 heteroatoms. The zero-order chi connectivity index (χ0) is 11.8. The molecule has 1 aromatic heterocycles. The van der Waals surface area contributed by atoms with E-state index in [1.807, 2.05) is 11.8 Å². The number of nitrogens with zero attached hydrogens (tertiary/aromatic N) is 2. The highest BCUT2D eigenvalue weighted by Gasteiger charge is 2.03. The van der Waals surface area contributed by atoms with Crippen molar-refractivity contribution in [2.45, 2.75) is 39.4 Å². The van der Waals surface area contributed by atoms with Gasteiger partial charge in [-0.15, -0.1) is 0 Å². The molecule has 0 fully saturated rings. The summed E-state index contributed by atoms with van der Waals surface area (Å²) in [6.07, 6.45) is 2.16. The minimum atomic E-state index is 0.906. The summed E-state index contributed by atoms with van der Waals surface area (Å²) in [7, 11) is 0. The molecule has 0 atom stereocenters. The molecule has 0 aliphatic heterocycles. The third kappa shape index (κ3) is 4.39. The quantitative estimate of drug-likeness (QED) is 0.793. The van der Waals surface area contributed by atoms with E-state index < -0.39 is 0 Å². The largest absolute Gasteiger partial charge is 0.370 e. The lowest BCUT2D eigenvalue weighted by atomic mass is 10.2. The van der Waals surface area contributed by atoms with Gasteiger partial charge in [0.15, 0.2) is 0 Å². The van der Waals surface area contributed by atoms with Crippen molar-refractivity contribution in [2.24, 2.45) is 0 Å². The molecule has 0 unspecified atom stereocenters. The van der Waals surface area contributed by atoms with Gasteiger partial charge in [0.25, 0.3) is 0 Å². The highest BCUT2D eigenvalue weighted by molar-refractivity contribution is 7.98. The van der Waals surface area contributed by atoms with E-state index in [2.05, 4.69) is 42.1 Å². The van der Waals surface area contributed by atoms with Gasteiger partial charge in [-0.2, -0.15) is 11.8 Å². The van der Waals surface area contributed by atoms with Crippen LogP contribution in [0.25, 0.3) is 0 Å². The summed E-state index contributed by atoms with van der Waals surface area (Å²) < 4.78 is 0. The normalized spacial score (nSPS) is 10.4. The number of rotatable bonds is 7. The molecule has 0 saturated carbocycles. The first-order valence-electron chi connectivity index (χ1n) is 5.98. The maximum Gasteiger partial charge on any atom is 0.140 e. The van der Waals surface area contributed by atoms with Crippen molar-refractivity contribution in [3.05, 3.63) is 17.6 Å². The Labute approximate surface area is 102 Å². The predicted octanol–water partition coefficient (Wildman–Crippen LogP) is 3.11. The number of hydrogen-bond acceptors (Lipinski definition) is 4. The van der Waals surface area contributed by atoms with Gasteiger partial charge in [0, 0.05) is 18.3 Å². The average Bonchev–Trinajstić information content (AvgIpc) is 2.27. The monoisotopic (exact) mass is 239 g/mol. The summed E-state index contributed by atoms with van der Waals surface area (Å²) in [6.45, 7) is 7.33. The van der Waals surface area contributed by atoms with Crippen LogP contribution in [0.5, 0.6) is 0 Å². The van der Waals surface area contributed by atoms with Gasteiger partial charge in [0.1, 0.15) is 11.6 Å². The molecule has 0 amide bonds. The van der Waals surface area contributed by atoms with Crippen molar-refractivity contribution in [1.82, 2.24) is 9.97 Å². The van der Waals surface area contributed by atoms with Gasteiger partial charge in [0.2, 0.25) is 0 Å². The maximum absolute atomic E-state index is 4.57. The van der Waals surface area contributed by atoms with E-state index in [0.29, 0.717) is 0 Å². The summed E-state index contributed by atoms with van der Waals surface area (Å²) in [5.74, 6) is 3.94. The van der Waals surface area contributed by atoms with Gasteiger partial charge in [0.05, 0.1) is 5.75 Å². The van der Waals surface area contributed by atoms with Crippen LogP contribution in [-0.2, 0) is 12.2 Å². The molecule has 1 heterocycles. The van der Waals surface area contributed by atoms with E-state index in [9.17, 15) is 0 Å². The van der Waals surface area contributed by atoms with Crippen LogP contribution in [0.3, 0.4) is 0 Å². The molecule has 0 saturated heterocycles. The Morgan fingerprint density at radius 2 is 2.06 bits per heavy atom. The van der Waals surface area contributed by atoms with Crippen LogP contribution in [0.15, 0.2) is 6.07 Å². The molecule has 0 bridgehead atoms. The molecule has 0 aromatic carbocycles. The van der Waals surface area contributed by atoms with E-state index in [1.54, 1.807) is 0 Å². The van der Waals surface area contributed by atoms with Gasteiger partial charge in [-0.25, -0.2) is 9.97 Å². The fraction of sp³-hybridized carbons (Fsp3) is 0.667. The lowest BCUT2D eigenvalue weighted by Crippen LogP contribution is -2.05. The smallest absolute Gasteiger partial charge is 0.140 e. The molecule has 1 aromatic rings. The third-order valence-electron chi connectivity index (χ3n) is 2.12. The van der Waals surface area contributed by atoms with Crippen molar-refractivity contribution in [1.29, 1.82) is 0 Å². The molecular weight excluding hydrogens is 218 g/mol. The number of aromatic nitrogens is 2. The first kappa shape index (κ1) is 13.3. The predicted molar refractivity (Wildman–Crippen MR) is 72.0 cm³/mol. The Balaban J connectivity index is 2.80. The van der Waals surface area contributed by atoms with Crippen molar-refractivity contribution in [2.75, 3.05) is 17.6 Å². The fourth-order valence-electron chi connectivity index (χ4n) is 1.47. The van der Waals surface area contributed by atoms with Crippen molar-refractivity contribution in [3.63, 3.8) is 0 Å². The highest BCUT2D eigenvalue weighted by atomic mass is 32.2. The van der Waals surface area contributed by atoms with Gasteiger partial charge in [-0.3, -0.25) is 0 Å². The topological polar surface area (TPSA) is 37.8 Å². The second-order valence-electron chi connectivity index (χ2n) is 3.58. The SMILES string of the molecule is CCCc1cc(NCC)nc(CSCC)n1. The summed E-state index contributed by atoms with van der Waals surface area (Å²) >= 11 is 1.86. The number of thioether (sulfide) groups is 1. The number of anilines is 1. The zero-order valence-corrected chi connectivity index (χ0v) is 11.2. The minimum absolute atomic E-state index is 0.906. The molecule has 0 aliphatic rings. The maximum atomic E-state index is 4.57. The lowest BCUT2D eigenvalue weighted by Gasteiger charge is -2.08. The van der Waals surface area contributed by atoms with E-state index in [4.69, 9.17) is 0 Å². The Kier molecular flexibility index (Phi) is 6.23. The summed E-state index contributed by atoms with van der Waals surface area (Å²) in [5, 5.41) is 3.26. The molecule has 0 spiro atoms. The van der Waals surface area contributed by atoms with Crippen LogP contribution in [0, 0.1) is 0 Å². The lowest BCUT2D eigenvalue weighted by molar-refractivity contribution is 0.853. The first-order valence-corrected chi connectivity index (χ1v) is 7.14. The molecule has 1 rings (SSSR count). The van der Waals surface area contributed by atoms with Crippen LogP contribution in [0.1, 0.15) is 38.7 Å². The van der Waals surface area contributed by atoms with Crippen molar-refractivity contribution in [3.8, 4) is 0 Å². The Hall–Kier alpha value is -0.770. The second-order valence-corrected chi connectivity index (χ2v) is 4.85. The van der Waals surface area contributed by atoms with Gasteiger partial charge >= 0.3 is 0 Å². The van der Waals surface area contributed by atoms with Gasteiger partial charge in [-0.05, 0) is 19.1 Å². The summed E-state index contributed by atoms with van der Waals surface area (Å²) in [6, 6.07) is 2.06. The number of hydrogen-bond donors (Lipinski definition) is 1. The van der Waals surface area contributed by atoms with E-state index in [1.165, 1.54) is 0 Å². The van der Waals surface area contributed by atoms with Crippen LogP contribution in [0.4, 0.5) is 5.82 Å².